The number of ether oxygens (including phenoxy) is 2. The molecule has 1 unspecified atom stereocenters. The monoisotopic (exact) mass is 436 g/mol. The van der Waals surface area contributed by atoms with Gasteiger partial charge in [-0.2, -0.15) is 0 Å². The molecule has 2 aromatic rings. The van der Waals surface area contributed by atoms with Gasteiger partial charge < -0.3 is 19.7 Å². The van der Waals surface area contributed by atoms with Crippen molar-refractivity contribution in [1.82, 2.24) is 5.32 Å². The van der Waals surface area contributed by atoms with E-state index in [1.54, 1.807) is 19.2 Å². The van der Waals surface area contributed by atoms with Gasteiger partial charge in [-0.1, -0.05) is 18.1 Å². The molecule has 0 radical (unpaired) electrons. The summed E-state index contributed by atoms with van der Waals surface area (Å²) in [4.78, 5) is 2.42. The minimum Gasteiger partial charge on any atom is -0.384 e. The van der Waals surface area contributed by atoms with Gasteiger partial charge in [0.2, 0.25) is 0 Å². The van der Waals surface area contributed by atoms with E-state index in [9.17, 15) is 4.39 Å². The Kier molecular flexibility index (Phi) is 7.81. The van der Waals surface area contributed by atoms with Crippen LogP contribution in [0.3, 0.4) is 0 Å². The average molecular weight is 437 g/mol. The van der Waals surface area contributed by atoms with E-state index < -0.39 is 0 Å². The zero-order valence-electron chi connectivity index (χ0n) is 18.9. The van der Waals surface area contributed by atoms with Crippen LogP contribution >= 0.6 is 0 Å². The quantitative estimate of drug-likeness (QED) is 0.686. The standard InChI is InChI=1S/C27H33FN2O2/c1-3-22-6-7-23(17-26(22)28)25-16-21(15-24-18-29-11-4-14-32-24)5-8-27(25)30-12-9-20(10-13-30)19-31-2/h1,5-8,16-17,20,24,29H,4,9-15,18-19H2,2H3. The molecule has 2 aromatic carbocycles. The lowest BCUT2D eigenvalue weighted by Gasteiger charge is -2.35. The Hall–Kier alpha value is -2.39. The number of halogens is 1. The van der Waals surface area contributed by atoms with Crippen LogP contribution in [0.25, 0.3) is 11.1 Å². The van der Waals surface area contributed by atoms with Crippen LogP contribution < -0.4 is 10.2 Å². The SMILES string of the molecule is C#Cc1ccc(-c2cc(CC3CNCCCO3)ccc2N2CCC(COC)CC2)cc1F. The third-order valence-electron chi connectivity index (χ3n) is 6.54. The minimum atomic E-state index is -0.351. The molecule has 0 aromatic heterocycles. The Bertz CT molecular complexity index is 939. The van der Waals surface area contributed by atoms with Gasteiger partial charge in [0.05, 0.1) is 11.7 Å². The Morgan fingerprint density at radius 2 is 2.06 bits per heavy atom. The number of terminal acetylenes is 1. The molecule has 5 heteroatoms. The van der Waals surface area contributed by atoms with E-state index in [1.807, 2.05) is 6.07 Å². The molecule has 0 saturated carbocycles. The Morgan fingerprint density at radius 3 is 2.81 bits per heavy atom. The molecular formula is C27H33FN2O2. The normalized spacial score (nSPS) is 20.0. The molecule has 2 heterocycles. The van der Waals surface area contributed by atoms with Crippen LogP contribution in [0.4, 0.5) is 10.1 Å². The molecule has 2 aliphatic rings. The van der Waals surface area contributed by atoms with E-state index in [0.29, 0.717) is 11.5 Å². The van der Waals surface area contributed by atoms with Crippen molar-refractivity contribution in [3.05, 3.63) is 53.3 Å². The maximum Gasteiger partial charge on any atom is 0.139 e. The number of anilines is 1. The fraction of sp³-hybridized carbons (Fsp3) is 0.481. The van der Waals surface area contributed by atoms with E-state index in [0.717, 1.165) is 81.9 Å². The highest BCUT2D eigenvalue weighted by atomic mass is 19.1. The highest BCUT2D eigenvalue weighted by Gasteiger charge is 2.22. The summed E-state index contributed by atoms with van der Waals surface area (Å²) < 4.78 is 25.9. The predicted molar refractivity (Wildman–Crippen MR) is 128 cm³/mol. The lowest BCUT2D eigenvalue weighted by molar-refractivity contribution is 0.0675. The number of rotatable bonds is 6. The van der Waals surface area contributed by atoms with Gasteiger partial charge in [0.1, 0.15) is 5.82 Å². The summed E-state index contributed by atoms with van der Waals surface area (Å²) in [5.41, 5.74) is 4.56. The van der Waals surface area contributed by atoms with Crippen LogP contribution in [0.15, 0.2) is 36.4 Å². The first kappa shape index (κ1) is 22.8. The zero-order valence-corrected chi connectivity index (χ0v) is 18.9. The molecule has 4 rings (SSSR count). The van der Waals surface area contributed by atoms with E-state index in [1.165, 1.54) is 5.56 Å². The molecule has 1 N–H and O–H groups in total. The van der Waals surface area contributed by atoms with Gasteiger partial charge in [0, 0.05) is 51.2 Å². The van der Waals surface area contributed by atoms with Crippen LogP contribution in [-0.2, 0) is 15.9 Å². The van der Waals surface area contributed by atoms with Crippen LogP contribution in [0, 0.1) is 24.1 Å². The number of hydrogen-bond acceptors (Lipinski definition) is 4. The van der Waals surface area contributed by atoms with Gasteiger partial charge in [-0.25, -0.2) is 4.39 Å². The van der Waals surface area contributed by atoms with Crippen LogP contribution in [-0.4, -0.2) is 52.6 Å². The number of hydrogen-bond donors (Lipinski definition) is 1. The third kappa shape index (κ3) is 5.50. The summed E-state index contributed by atoms with van der Waals surface area (Å²) in [6.45, 7) is 5.41. The number of benzene rings is 2. The van der Waals surface area contributed by atoms with E-state index in [4.69, 9.17) is 15.9 Å². The number of nitrogens with zero attached hydrogens (tertiary/aromatic N) is 1. The zero-order chi connectivity index (χ0) is 22.3. The van der Waals surface area contributed by atoms with Gasteiger partial charge in [0.25, 0.3) is 0 Å². The lowest BCUT2D eigenvalue weighted by Crippen LogP contribution is -2.35. The molecule has 4 nitrogen and oxygen atoms in total. The fourth-order valence-corrected chi connectivity index (χ4v) is 4.76. The van der Waals surface area contributed by atoms with Crippen molar-refractivity contribution in [2.24, 2.45) is 5.92 Å². The van der Waals surface area contributed by atoms with E-state index in [2.05, 4.69) is 34.3 Å². The third-order valence-corrected chi connectivity index (χ3v) is 6.54. The number of methoxy groups -OCH3 is 1. The second kappa shape index (κ2) is 11.0. The van der Waals surface area contributed by atoms with Crippen molar-refractivity contribution < 1.29 is 13.9 Å². The summed E-state index contributed by atoms with van der Waals surface area (Å²) in [7, 11) is 1.77. The summed E-state index contributed by atoms with van der Waals surface area (Å²) in [5, 5.41) is 3.45. The molecule has 2 fully saturated rings. The Balaban J connectivity index is 1.63. The molecule has 170 valence electrons. The Morgan fingerprint density at radius 1 is 1.22 bits per heavy atom. The first-order valence-corrected chi connectivity index (χ1v) is 11.6. The van der Waals surface area contributed by atoms with Crippen LogP contribution in [0.2, 0.25) is 0 Å². The van der Waals surface area contributed by atoms with Crippen molar-refractivity contribution in [2.45, 2.75) is 31.8 Å². The Labute approximate surface area is 191 Å². The predicted octanol–water partition coefficient (Wildman–Crippen LogP) is 4.26. The average Bonchev–Trinajstić information content (AvgIpc) is 3.08. The summed E-state index contributed by atoms with van der Waals surface area (Å²) >= 11 is 0. The van der Waals surface area contributed by atoms with Gasteiger partial charge in [-0.3, -0.25) is 0 Å². The molecule has 1 atom stereocenters. The van der Waals surface area contributed by atoms with Crippen molar-refractivity contribution in [3.8, 4) is 23.5 Å². The summed E-state index contributed by atoms with van der Waals surface area (Å²) in [6.07, 6.45) is 9.66. The molecule has 32 heavy (non-hydrogen) atoms. The van der Waals surface area contributed by atoms with Gasteiger partial charge in [-0.15, -0.1) is 6.42 Å². The first-order chi connectivity index (χ1) is 15.7. The van der Waals surface area contributed by atoms with Crippen molar-refractivity contribution in [2.75, 3.05) is 51.4 Å². The highest BCUT2D eigenvalue weighted by Crippen LogP contribution is 2.35. The van der Waals surface area contributed by atoms with Crippen molar-refractivity contribution in [1.29, 1.82) is 0 Å². The largest absolute Gasteiger partial charge is 0.384 e. The van der Waals surface area contributed by atoms with Crippen molar-refractivity contribution >= 4 is 5.69 Å². The smallest absolute Gasteiger partial charge is 0.139 e. The lowest BCUT2D eigenvalue weighted by atomic mass is 9.93. The van der Waals surface area contributed by atoms with E-state index >= 15 is 0 Å². The molecule has 0 spiro atoms. The number of nitrogens with one attached hydrogen (secondary N) is 1. The minimum absolute atomic E-state index is 0.154. The van der Waals surface area contributed by atoms with Crippen LogP contribution in [0.1, 0.15) is 30.4 Å². The summed E-state index contributed by atoms with van der Waals surface area (Å²) in [5.74, 6) is 2.67. The molecule has 2 aliphatic heterocycles. The topological polar surface area (TPSA) is 33.7 Å². The first-order valence-electron chi connectivity index (χ1n) is 11.6. The highest BCUT2D eigenvalue weighted by molar-refractivity contribution is 5.80. The van der Waals surface area contributed by atoms with Gasteiger partial charge in [-0.05, 0) is 73.5 Å². The van der Waals surface area contributed by atoms with Gasteiger partial charge >= 0.3 is 0 Å². The molecule has 0 bridgehead atoms. The van der Waals surface area contributed by atoms with Crippen molar-refractivity contribution in [3.63, 3.8) is 0 Å². The molecule has 2 saturated heterocycles. The molecular weight excluding hydrogens is 403 g/mol. The van der Waals surface area contributed by atoms with Gasteiger partial charge in [0.15, 0.2) is 0 Å². The maximum absolute atomic E-state index is 14.6. The second-order valence-corrected chi connectivity index (χ2v) is 8.83. The fourth-order valence-electron chi connectivity index (χ4n) is 4.76. The molecule has 0 amide bonds. The number of piperidine rings is 1. The molecule has 0 aliphatic carbocycles. The van der Waals surface area contributed by atoms with E-state index in [-0.39, 0.29) is 11.9 Å². The van der Waals surface area contributed by atoms with Crippen LogP contribution in [0.5, 0.6) is 0 Å². The summed E-state index contributed by atoms with van der Waals surface area (Å²) in [6, 6.07) is 11.8. The maximum atomic E-state index is 14.6. The second-order valence-electron chi connectivity index (χ2n) is 8.83.